The lowest BCUT2D eigenvalue weighted by atomic mass is 9.90. The van der Waals surface area contributed by atoms with Gasteiger partial charge in [-0.25, -0.2) is 4.79 Å². The number of hydrogen-bond donors (Lipinski definition) is 1. The molecule has 188 valence electrons. The number of fused-ring (bicyclic) bond motifs is 1. The van der Waals surface area contributed by atoms with E-state index in [1.807, 2.05) is 91.2 Å². The quantitative estimate of drug-likeness (QED) is 0.323. The maximum Gasteiger partial charge on any atom is 0.326 e. The first-order valence-electron chi connectivity index (χ1n) is 12.1. The molecule has 2 heterocycles. The fourth-order valence-electron chi connectivity index (χ4n) is 4.62. The number of amides is 1. The number of carboxylic acids is 1. The average Bonchev–Trinajstić information content (AvgIpc) is 3.44. The van der Waals surface area contributed by atoms with Crippen molar-refractivity contribution in [3.8, 4) is 10.8 Å². The number of thiophene rings is 1. The van der Waals surface area contributed by atoms with E-state index in [1.165, 1.54) is 16.2 Å². The van der Waals surface area contributed by atoms with Gasteiger partial charge in [0.05, 0.1) is 0 Å². The summed E-state index contributed by atoms with van der Waals surface area (Å²) >= 11 is 1.39. The van der Waals surface area contributed by atoms with Crippen LogP contribution >= 0.6 is 11.3 Å². The minimum absolute atomic E-state index is 0.155. The Labute approximate surface area is 219 Å². The number of carbonyl (C=O) groups excluding carboxylic acids is 1. The fraction of sp³-hybridized carbons (Fsp3) is 0.200. The molecule has 1 amide bonds. The van der Waals surface area contributed by atoms with Gasteiger partial charge in [0.2, 0.25) is 6.10 Å². The summed E-state index contributed by atoms with van der Waals surface area (Å²) in [6.07, 6.45) is -0.801. The van der Waals surface area contributed by atoms with Gasteiger partial charge in [-0.05, 0) is 41.1 Å². The molecular formula is C30H27NO5S. The highest BCUT2D eigenvalue weighted by atomic mass is 32.1. The van der Waals surface area contributed by atoms with Gasteiger partial charge in [-0.3, -0.25) is 4.79 Å². The van der Waals surface area contributed by atoms with Gasteiger partial charge in [-0.2, -0.15) is 0 Å². The summed E-state index contributed by atoms with van der Waals surface area (Å²) in [6, 6.07) is 25.6. The van der Waals surface area contributed by atoms with Gasteiger partial charge in [-0.15, -0.1) is 11.3 Å². The van der Waals surface area contributed by atoms with Gasteiger partial charge in [-0.1, -0.05) is 72.8 Å². The SMILES string of the molecule is Cc1ccc2c(c1OCc1ccccc1)CC(C(=O)O)N(C(=O)C(Oc1cccs1)c1ccccc1)C2. The van der Waals surface area contributed by atoms with Gasteiger partial charge < -0.3 is 19.5 Å². The van der Waals surface area contributed by atoms with Crippen LogP contribution in [0.2, 0.25) is 0 Å². The molecule has 0 radical (unpaired) electrons. The van der Waals surface area contributed by atoms with Crippen LogP contribution in [-0.4, -0.2) is 27.9 Å². The molecule has 2 unspecified atom stereocenters. The molecule has 37 heavy (non-hydrogen) atoms. The number of benzene rings is 3. The zero-order valence-corrected chi connectivity index (χ0v) is 21.2. The summed E-state index contributed by atoms with van der Waals surface area (Å²) in [7, 11) is 0. The standard InChI is InChI=1S/C30H27NO5S/c1-20-14-15-23-18-31(29(32)28(22-11-6-3-7-12-22)36-26-13-8-16-37-26)25(30(33)34)17-24(23)27(20)35-19-21-9-4-2-5-10-21/h2-16,25,28H,17-19H2,1H3,(H,33,34). The zero-order valence-electron chi connectivity index (χ0n) is 20.4. The number of ether oxygens (including phenoxy) is 2. The highest BCUT2D eigenvalue weighted by Crippen LogP contribution is 2.36. The van der Waals surface area contributed by atoms with E-state index in [0.717, 1.165) is 22.3 Å². The first kappa shape index (κ1) is 24.6. The molecule has 0 aliphatic carbocycles. The number of aryl methyl sites for hydroxylation is 1. The molecule has 0 spiro atoms. The Morgan fingerprint density at radius 2 is 1.73 bits per heavy atom. The van der Waals surface area contributed by atoms with Gasteiger partial charge in [0.25, 0.3) is 5.91 Å². The minimum Gasteiger partial charge on any atom is -0.488 e. The summed E-state index contributed by atoms with van der Waals surface area (Å²) in [5.41, 5.74) is 4.34. The van der Waals surface area contributed by atoms with Crippen LogP contribution in [0.1, 0.15) is 33.9 Å². The van der Waals surface area contributed by atoms with Crippen LogP contribution in [0.5, 0.6) is 10.8 Å². The monoisotopic (exact) mass is 513 g/mol. The Balaban J connectivity index is 1.46. The van der Waals surface area contributed by atoms with Crippen molar-refractivity contribution in [2.45, 2.75) is 38.6 Å². The maximum atomic E-state index is 13.9. The molecule has 0 fully saturated rings. The van der Waals surface area contributed by atoms with Crippen molar-refractivity contribution in [2.24, 2.45) is 0 Å². The second-order valence-electron chi connectivity index (χ2n) is 8.99. The summed E-state index contributed by atoms with van der Waals surface area (Å²) in [4.78, 5) is 27.8. The number of carbonyl (C=O) groups is 2. The highest BCUT2D eigenvalue weighted by molar-refractivity contribution is 7.11. The van der Waals surface area contributed by atoms with Crippen molar-refractivity contribution < 1.29 is 24.2 Å². The Hall–Kier alpha value is -4.10. The van der Waals surface area contributed by atoms with Crippen molar-refractivity contribution in [1.82, 2.24) is 4.90 Å². The van der Waals surface area contributed by atoms with E-state index in [1.54, 1.807) is 6.07 Å². The third-order valence-corrected chi connectivity index (χ3v) is 7.28. The number of nitrogens with zero attached hydrogens (tertiary/aromatic N) is 1. The van der Waals surface area contributed by atoms with Crippen LogP contribution in [-0.2, 0) is 29.2 Å². The Kier molecular flexibility index (Phi) is 7.23. The van der Waals surface area contributed by atoms with Crippen LogP contribution < -0.4 is 9.47 Å². The van der Waals surface area contributed by atoms with Crippen molar-refractivity contribution in [2.75, 3.05) is 0 Å². The van der Waals surface area contributed by atoms with Crippen LogP contribution in [0, 0.1) is 6.92 Å². The lowest BCUT2D eigenvalue weighted by molar-refractivity contribution is -0.155. The van der Waals surface area contributed by atoms with Crippen LogP contribution in [0.15, 0.2) is 90.3 Å². The Morgan fingerprint density at radius 1 is 1.00 bits per heavy atom. The van der Waals surface area contributed by atoms with Crippen molar-refractivity contribution in [1.29, 1.82) is 0 Å². The van der Waals surface area contributed by atoms with E-state index in [2.05, 4.69) is 0 Å². The molecule has 1 aromatic heterocycles. The van der Waals surface area contributed by atoms with Crippen molar-refractivity contribution >= 4 is 23.2 Å². The second kappa shape index (κ2) is 10.9. The molecule has 1 aliphatic rings. The molecule has 3 aromatic carbocycles. The highest BCUT2D eigenvalue weighted by Gasteiger charge is 2.40. The average molecular weight is 514 g/mol. The molecule has 5 rings (SSSR count). The van der Waals surface area contributed by atoms with E-state index in [9.17, 15) is 14.7 Å². The first-order chi connectivity index (χ1) is 18.0. The molecule has 7 heteroatoms. The van der Waals surface area contributed by atoms with E-state index in [4.69, 9.17) is 9.47 Å². The van der Waals surface area contributed by atoms with Gasteiger partial charge in [0, 0.05) is 24.1 Å². The number of hydrogen-bond acceptors (Lipinski definition) is 5. The predicted molar refractivity (Wildman–Crippen MR) is 142 cm³/mol. The molecule has 6 nitrogen and oxygen atoms in total. The minimum atomic E-state index is -1.06. The number of aliphatic carboxylic acids is 1. The molecule has 1 N–H and O–H groups in total. The Bertz CT molecular complexity index is 1370. The van der Waals surface area contributed by atoms with Crippen LogP contribution in [0.4, 0.5) is 0 Å². The molecule has 0 saturated carbocycles. The molecule has 0 saturated heterocycles. The topological polar surface area (TPSA) is 76.1 Å². The molecule has 4 aromatic rings. The summed E-state index contributed by atoms with van der Waals surface area (Å²) < 4.78 is 12.3. The Morgan fingerprint density at radius 3 is 2.41 bits per heavy atom. The normalized spacial score (nSPS) is 15.5. The predicted octanol–water partition coefficient (Wildman–Crippen LogP) is 5.79. The molecule has 0 bridgehead atoms. The van der Waals surface area contributed by atoms with E-state index in [-0.39, 0.29) is 18.9 Å². The zero-order chi connectivity index (χ0) is 25.8. The van der Waals surface area contributed by atoms with Gasteiger partial charge >= 0.3 is 5.97 Å². The largest absolute Gasteiger partial charge is 0.488 e. The van der Waals surface area contributed by atoms with Crippen molar-refractivity contribution in [3.05, 3.63) is 118 Å². The number of rotatable bonds is 8. The summed E-state index contributed by atoms with van der Waals surface area (Å²) in [5.74, 6) is -0.753. The molecule has 1 aliphatic heterocycles. The van der Waals surface area contributed by atoms with E-state index >= 15 is 0 Å². The number of carboxylic acid groups (broad SMARTS) is 1. The van der Waals surface area contributed by atoms with Gasteiger partial charge in [0.1, 0.15) is 18.4 Å². The van der Waals surface area contributed by atoms with E-state index in [0.29, 0.717) is 23.0 Å². The summed E-state index contributed by atoms with van der Waals surface area (Å²) in [6.45, 7) is 2.49. The third-order valence-electron chi connectivity index (χ3n) is 6.52. The smallest absolute Gasteiger partial charge is 0.326 e. The molecule has 2 atom stereocenters. The maximum absolute atomic E-state index is 13.9. The first-order valence-corrected chi connectivity index (χ1v) is 13.0. The lowest BCUT2D eigenvalue weighted by Crippen LogP contribution is -2.51. The second-order valence-corrected chi connectivity index (χ2v) is 9.90. The molecular weight excluding hydrogens is 486 g/mol. The van der Waals surface area contributed by atoms with Gasteiger partial charge in [0.15, 0.2) is 5.06 Å². The van der Waals surface area contributed by atoms with Crippen LogP contribution in [0.3, 0.4) is 0 Å². The lowest BCUT2D eigenvalue weighted by Gasteiger charge is -2.37. The fourth-order valence-corrected chi connectivity index (χ4v) is 5.22. The van der Waals surface area contributed by atoms with Crippen molar-refractivity contribution in [3.63, 3.8) is 0 Å². The third kappa shape index (κ3) is 5.37. The van der Waals surface area contributed by atoms with Crippen LogP contribution in [0.25, 0.3) is 0 Å². The summed E-state index contributed by atoms with van der Waals surface area (Å²) in [5, 5.41) is 12.7. The van der Waals surface area contributed by atoms with E-state index < -0.39 is 18.1 Å².